The number of nitrogens with one attached hydrogen (secondary N) is 2. The number of hydrogen-bond donors (Lipinski definition) is 2. The third kappa shape index (κ3) is 4.36. The number of ether oxygens (including phenoxy) is 1. The van der Waals surface area contributed by atoms with Gasteiger partial charge in [0.05, 0.1) is 11.8 Å². The van der Waals surface area contributed by atoms with E-state index in [4.69, 9.17) is 4.74 Å². The first-order chi connectivity index (χ1) is 13.2. The van der Waals surface area contributed by atoms with Crippen LogP contribution < -0.4 is 5.32 Å². The third-order valence-electron chi connectivity index (χ3n) is 5.38. The molecule has 0 saturated carbocycles. The quantitative estimate of drug-likeness (QED) is 0.846. The highest BCUT2D eigenvalue weighted by atomic mass is 19.1. The summed E-state index contributed by atoms with van der Waals surface area (Å²) in [4.78, 5) is 14.9. The number of rotatable bonds is 5. The van der Waals surface area contributed by atoms with Crippen LogP contribution in [-0.2, 0) is 4.74 Å². The molecule has 1 unspecified atom stereocenters. The maximum absolute atomic E-state index is 13.9. The number of H-pyrrole nitrogens is 1. The van der Waals surface area contributed by atoms with E-state index in [2.05, 4.69) is 20.4 Å². The average Bonchev–Trinajstić information content (AvgIpc) is 3.36. The number of likely N-dealkylation sites (tertiary alicyclic amines) is 1. The summed E-state index contributed by atoms with van der Waals surface area (Å²) in [6, 6.07) is 8.16. The zero-order valence-electron chi connectivity index (χ0n) is 15.3. The summed E-state index contributed by atoms with van der Waals surface area (Å²) in [7, 11) is 0. The smallest absolute Gasteiger partial charge is 0.269 e. The number of nitrogens with zero attached hydrogens (tertiary/aromatic N) is 2. The number of piperidine rings is 1. The second-order valence-electron chi connectivity index (χ2n) is 7.33. The van der Waals surface area contributed by atoms with E-state index in [1.807, 2.05) is 0 Å². The van der Waals surface area contributed by atoms with Crippen LogP contribution in [0.1, 0.15) is 36.2 Å². The van der Waals surface area contributed by atoms with Gasteiger partial charge in [0, 0.05) is 37.8 Å². The largest absolute Gasteiger partial charge is 0.377 e. The standard InChI is InChI=1S/C20H25FN4O2/c21-17-6-2-1-5-16(17)18-12-19(24-23-18)20(26)22-14-7-9-25(10-8-14)13-15-4-3-11-27-15/h1-2,5-6,12,14-15H,3-4,7-11,13H2,(H,22,26)(H,23,24). The molecule has 2 aliphatic heterocycles. The van der Waals surface area contributed by atoms with Crippen LogP contribution in [0, 0.1) is 5.82 Å². The molecule has 2 aromatic rings. The fourth-order valence-corrected chi connectivity index (χ4v) is 3.84. The van der Waals surface area contributed by atoms with E-state index in [0.29, 0.717) is 23.1 Å². The molecule has 2 N–H and O–H groups in total. The molecular weight excluding hydrogens is 347 g/mol. The highest BCUT2D eigenvalue weighted by Crippen LogP contribution is 2.21. The average molecular weight is 372 g/mol. The molecule has 2 fully saturated rings. The molecule has 7 heteroatoms. The number of carbonyl (C=O) groups excluding carboxylic acids is 1. The van der Waals surface area contributed by atoms with Crippen LogP contribution in [0.15, 0.2) is 30.3 Å². The van der Waals surface area contributed by atoms with Gasteiger partial charge in [0.1, 0.15) is 11.5 Å². The second kappa shape index (κ2) is 8.19. The molecule has 27 heavy (non-hydrogen) atoms. The lowest BCUT2D eigenvalue weighted by Crippen LogP contribution is -2.46. The molecule has 2 aliphatic rings. The number of hydrogen-bond acceptors (Lipinski definition) is 4. The Morgan fingerprint density at radius 1 is 1.30 bits per heavy atom. The van der Waals surface area contributed by atoms with Gasteiger partial charge in [0.2, 0.25) is 0 Å². The first kappa shape index (κ1) is 18.1. The van der Waals surface area contributed by atoms with Crippen molar-refractivity contribution in [1.29, 1.82) is 0 Å². The summed E-state index contributed by atoms with van der Waals surface area (Å²) in [5.74, 6) is -0.544. The van der Waals surface area contributed by atoms with Gasteiger partial charge in [-0.15, -0.1) is 0 Å². The van der Waals surface area contributed by atoms with E-state index >= 15 is 0 Å². The molecule has 1 aromatic heterocycles. The van der Waals surface area contributed by atoms with E-state index in [9.17, 15) is 9.18 Å². The van der Waals surface area contributed by atoms with Crippen LogP contribution in [0.25, 0.3) is 11.3 Å². The maximum Gasteiger partial charge on any atom is 0.269 e. The summed E-state index contributed by atoms with van der Waals surface area (Å²) in [5.41, 5.74) is 1.18. The van der Waals surface area contributed by atoms with Gasteiger partial charge >= 0.3 is 0 Å². The lowest BCUT2D eigenvalue weighted by molar-refractivity contribution is 0.0612. The van der Waals surface area contributed by atoms with Crippen molar-refractivity contribution in [2.24, 2.45) is 0 Å². The van der Waals surface area contributed by atoms with Crippen molar-refractivity contribution in [3.05, 3.63) is 41.8 Å². The zero-order valence-corrected chi connectivity index (χ0v) is 15.3. The lowest BCUT2D eigenvalue weighted by atomic mass is 10.0. The van der Waals surface area contributed by atoms with Crippen LogP contribution in [0.3, 0.4) is 0 Å². The van der Waals surface area contributed by atoms with Crippen molar-refractivity contribution >= 4 is 5.91 Å². The number of carbonyl (C=O) groups is 1. The molecule has 0 spiro atoms. The zero-order chi connectivity index (χ0) is 18.6. The number of halogens is 1. The Hall–Kier alpha value is -2.25. The minimum atomic E-state index is -0.352. The van der Waals surface area contributed by atoms with E-state index in [0.717, 1.165) is 51.9 Å². The topological polar surface area (TPSA) is 70.2 Å². The van der Waals surface area contributed by atoms with Crippen LogP contribution in [0.2, 0.25) is 0 Å². The predicted molar refractivity (Wildman–Crippen MR) is 99.9 cm³/mol. The van der Waals surface area contributed by atoms with Gasteiger partial charge in [-0.2, -0.15) is 5.10 Å². The van der Waals surface area contributed by atoms with Crippen molar-refractivity contribution in [2.75, 3.05) is 26.2 Å². The van der Waals surface area contributed by atoms with Crippen LogP contribution in [0.5, 0.6) is 0 Å². The highest BCUT2D eigenvalue weighted by molar-refractivity contribution is 5.93. The summed E-state index contributed by atoms with van der Waals surface area (Å²) in [6.45, 7) is 3.81. The van der Waals surface area contributed by atoms with Crippen molar-refractivity contribution in [1.82, 2.24) is 20.4 Å². The van der Waals surface area contributed by atoms with Crippen molar-refractivity contribution in [3.63, 3.8) is 0 Å². The number of aromatic nitrogens is 2. The molecule has 4 rings (SSSR count). The van der Waals surface area contributed by atoms with Crippen LogP contribution >= 0.6 is 0 Å². The third-order valence-corrected chi connectivity index (χ3v) is 5.38. The van der Waals surface area contributed by atoms with E-state index < -0.39 is 0 Å². The summed E-state index contributed by atoms with van der Waals surface area (Å²) in [5, 5.41) is 9.87. The Labute approximate surface area is 158 Å². The fourth-order valence-electron chi connectivity index (χ4n) is 3.84. The number of amides is 1. The van der Waals surface area contributed by atoms with E-state index in [-0.39, 0.29) is 17.8 Å². The first-order valence-electron chi connectivity index (χ1n) is 9.64. The Kier molecular flexibility index (Phi) is 5.50. The SMILES string of the molecule is O=C(NC1CCN(CC2CCCO2)CC1)c1cc(-c2ccccc2F)n[nH]1. The molecule has 1 aromatic carbocycles. The molecule has 0 radical (unpaired) electrons. The van der Waals surface area contributed by atoms with Crippen LogP contribution in [-0.4, -0.2) is 59.4 Å². The minimum absolute atomic E-state index is 0.151. The Balaban J connectivity index is 1.29. The molecular formula is C20H25FN4O2. The van der Waals surface area contributed by atoms with Crippen molar-refractivity contribution in [3.8, 4) is 11.3 Å². The summed E-state index contributed by atoms with van der Waals surface area (Å²) in [6.07, 6.45) is 4.54. The van der Waals surface area contributed by atoms with E-state index in [1.54, 1.807) is 24.3 Å². The molecule has 1 atom stereocenters. The van der Waals surface area contributed by atoms with Crippen molar-refractivity contribution < 1.29 is 13.9 Å². The molecule has 6 nitrogen and oxygen atoms in total. The van der Waals surface area contributed by atoms with Gasteiger partial charge in [-0.3, -0.25) is 9.89 Å². The highest BCUT2D eigenvalue weighted by Gasteiger charge is 2.25. The molecule has 144 valence electrons. The van der Waals surface area contributed by atoms with Gasteiger partial charge in [-0.05, 0) is 43.9 Å². The normalized spacial score (nSPS) is 21.4. The monoisotopic (exact) mass is 372 g/mol. The Bertz CT molecular complexity index is 780. The molecule has 1 amide bonds. The van der Waals surface area contributed by atoms with Gasteiger partial charge in [0.15, 0.2) is 0 Å². The Morgan fingerprint density at radius 2 is 2.11 bits per heavy atom. The molecule has 3 heterocycles. The first-order valence-corrected chi connectivity index (χ1v) is 9.64. The van der Waals surface area contributed by atoms with Crippen LogP contribution in [0.4, 0.5) is 4.39 Å². The van der Waals surface area contributed by atoms with Gasteiger partial charge < -0.3 is 15.0 Å². The summed E-state index contributed by atoms with van der Waals surface area (Å²) >= 11 is 0. The number of aromatic amines is 1. The van der Waals surface area contributed by atoms with Crippen molar-refractivity contribution in [2.45, 2.75) is 37.8 Å². The van der Waals surface area contributed by atoms with Gasteiger partial charge in [-0.25, -0.2) is 4.39 Å². The number of benzene rings is 1. The predicted octanol–water partition coefficient (Wildman–Crippen LogP) is 2.59. The van der Waals surface area contributed by atoms with Gasteiger partial charge in [0.25, 0.3) is 5.91 Å². The van der Waals surface area contributed by atoms with E-state index in [1.165, 1.54) is 6.07 Å². The fraction of sp³-hybridized carbons (Fsp3) is 0.500. The lowest BCUT2D eigenvalue weighted by Gasteiger charge is -2.33. The minimum Gasteiger partial charge on any atom is -0.377 e. The Morgan fingerprint density at radius 3 is 2.85 bits per heavy atom. The second-order valence-corrected chi connectivity index (χ2v) is 7.33. The summed E-state index contributed by atoms with van der Waals surface area (Å²) < 4.78 is 19.6. The molecule has 0 aliphatic carbocycles. The molecule has 0 bridgehead atoms. The van der Waals surface area contributed by atoms with Gasteiger partial charge in [-0.1, -0.05) is 12.1 Å². The molecule has 2 saturated heterocycles. The maximum atomic E-state index is 13.9.